The molecule has 0 aromatic carbocycles. The van der Waals surface area contributed by atoms with Crippen LogP contribution >= 0.6 is 0 Å². The number of rotatable bonds is 3. The molecule has 1 saturated heterocycles. The summed E-state index contributed by atoms with van der Waals surface area (Å²) in [5, 5.41) is 0. The van der Waals surface area contributed by atoms with E-state index in [0.29, 0.717) is 0 Å². The van der Waals surface area contributed by atoms with Crippen molar-refractivity contribution in [2.75, 3.05) is 31.1 Å². The van der Waals surface area contributed by atoms with Crippen molar-refractivity contribution in [1.82, 2.24) is 9.88 Å². The summed E-state index contributed by atoms with van der Waals surface area (Å²) in [5.74, 6) is 0.161. The maximum atomic E-state index is 11.4. The van der Waals surface area contributed by atoms with E-state index in [1.165, 1.54) is 0 Å². The first-order valence-corrected chi connectivity index (χ1v) is 7.33. The van der Waals surface area contributed by atoms with Crippen LogP contribution in [0.3, 0.4) is 0 Å². The fourth-order valence-corrected chi connectivity index (χ4v) is 2.50. The molecule has 1 atom stereocenters. The Labute approximate surface area is 120 Å². The van der Waals surface area contributed by atoms with Gasteiger partial charge in [0.25, 0.3) is 0 Å². The summed E-state index contributed by atoms with van der Waals surface area (Å²) in [7, 11) is 0. The lowest BCUT2D eigenvalue weighted by Crippen LogP contribution is -2.33. The van der Waals surface area contributed by atoms with Crippen LogP contribution in [0.25, 0.3) is 0 Å². The Morgan fingerprint density at radius 1 is 1.35 bits per heavy atom. The van der Waals surface area contributed by atoms with Crippen molar-refractivity contribution in [1.29, 1.82) is 0 Å². The second-order valence-corrected chi connectivity index (χ2v) is 5.30. The zero-order valence-electron chi connectivity index (χ0n) is 12.4. The molecule has 0 spiro atoms. The Bertz CT molecular complexity index is 446. The van der Waals surface area contributed by atoms with Crippen LogP contribution in [0.15, 0.2) is 18.3 Å². The topological polar surface area (TPSA) is 62.5 Å². The van der Waals surface area contributed by atoms with Crippen LogP contribution in [0.2, 0.25) is 0 Å². The number of pyridine rings is 1. The molecular weight excluding hydrogens is 252 g/mol. The van der Waals surface area contributed by atoms with Crippen molar-refractivity contribution in [3.05, 3.63) is 24.0 Å². The van der Waals surface area contributed by atoms with Gasteiger partial charge in [-0.05, 0) is 25.0 Å². The number of nitrogens with two attached hydrogens (primary N) is 1. The Hall–Kier alpha value is -1.62. The van der Waals surface area contributed by atoms with Gasteiger partial charge in [-0.2, -0.15) is 0 Å². The van der Waals surface area contributed by atoms with E-state index in [1.807, 2.05) is 17.2 Å². The number of hydrogen-bond acceptors (Lipinski definition) is 4. The number of carbonyl (C=O) groups is 1. The molecule has 1 fully saturated rings. The largest absolute Gasteiger partial charge is 0.368 e. The van der Waals surface area contributed by atoms with Crippen molar-refractivity contribution in [2.24, 2.45) is 5.73 Å². The van der Waals surface area contributed by atoms with Gasteiger partial charge >= 0.3 is 0 Å². The van der Waals surface area contributed by atoms with Crippen molar-refractivity contribution >= 4 is 11.6 Å². The maximum Gasteiger partial charge on any atom is 0.219 e. The number of carbonyl (C=O) groups excluding carboxylic acids is 1. The average Bonchev–Trinajstić information content (AvgIpc) is 2.72. The van der Waals surface area contributed by atoms with E-state index in [1.54, 1.807) is 6.92 Å². The zero-order chi connectivity index (χ0) is 14.5. The fraction of sp³-hybridized carbons (Fsp3) is 0.600. The van der Waals surface area contributed by atoms with E-state index in [0.717, 1.165) is 50.4 Å². The first-order valence-electron chi connectivity index (χ1n) is 7.33. The third-order valence-corrected chi connectivity index (χ3v) is 3.90. The fourth-order valence-electron chi connectivity index (χ4n) is 2.50. The quantitative estimate of drug-likeness (QED) is 0.910. The van der Waals surface area contributed by atoms with Crippen LogP contribution in [0.5, 0.6) is 0 Å². The van der Waals surface area contributed by atoms with E-state index >= 15 is 0 Å². The van der Waals surface area contributed by atoms with Gasteiger partial charge in [0, 0.05) is 39.1 Å². The minimum absolute atomic E-state index is 0.0152. The minimum Gasteiger partial charge on any atom is -0.368 e. The monoisotopic (exact) mass is 276 g/mol. The molecule has 0 unspecified atom stereocenters. The standard InChI is InChI=1S/C15H24N4O/c1-3-14(16)15-6-5-13(11-17-15)19-8-4-7-18(9-10-19)12(2)20/h5-6,11,14H,3-4,7-10,16H2,1-2H3/t14-/m1/s1. The Kier molecular flexibility index (Phi) is 4.95. The van der Waals surface area contributed by atoms with E-state index in [-0.39, 0.29) is 11.9 Å². The van der Waals surface area contributed by atoms with Crippen LogP contribution < -0.4 is 10.6 Å². The van der Waals surface area contributed by atoms with Crippen LogP contribution in [-0.4, -0.2) is 42.0 Å². The SMILES string of the molecule is CC[C@@H](N)c1ccc(N2CCCN(C(C)=O)CC2)cn1. The molecule has 1 amide bonds. The molecule has 1 aliphatic heterocycles. The summed E-state index contributed by atoms with van der Waals surface area (Å²) in [5.41, 5.74) is 8.03. The molecule has 0 radical (unpaired) electrons. The molecule has 1 aliphatic rings. The molecule has 1 aromatic heterocycles. The number of aromatic nitrogens is 1. The maximum absolute atomic E-state index is 11.4. The van der Waals surface area contributed by atoms with Crippen LogP contribution in [0.1, 0.15) is 38.4 Å². The number of nitrogens with zero attached hydrogens (tertiary/aromatic N) is 3. The molecule has 5 nitrogen and oxygen atoms in total. The van der Waals surface area contributed by atoms with Gasteiger partial charge in [-0.15, -0.1) is 0 Å². The summed E-state index contributed by atoms with van der Waals surface area (Å²) in [6.07, 6.45) is 3.79. The van der Waals surface area contributed by atoms with E-state index in [4.69, 9.17) is 5.73 Å². The summed E-state index contributed by atoms with van der Waals surface area (Å²) in [4.78, 5) is 20.1. The van der Waals surface area contributed by atoms with Gasteiger partial charge in [0.2, 0.25) is 5.91 Å². The van der Waals surface area contributed by atoms with Crippen molar-refractivity contribution in [2.45, 2.75) is 32.7 Å². The van der Waals surface area contributed by atoms with Gasteiger partial charge in [-0.1, -0.05) is 6.92 Å². The molecule has 0 bridgehead atoms. The van der Waals surface area contributed by atoms with Gasteiger partial charge in [0.15, 0.2) is 0 Å². The lowest BCUT2D eigenvalue weighted by molar-refractivity contribution is -0.128. The van der Waals surface area contributed by atoms with Crippen molar-refractivity contribution in [3.63, 3.8) is 0 Å². The molecular formula is C15H24N4O. The lowest BCUT2D eigenvalue weighted by Gasteiger charge is -2.23. The van der Waals surface area contributed by atoms with Crippen LogP contribution in [0.4, 0.5) is 5.69 Å². The minimum atomic E-state index is 0.0152. The molecule has 0 aliphatic carbocycles. The van der Waals surface area contributed by atoms with Crippen LogP contribution in [-0.2, 0) is 4.79 Å². The predicted octanol–water partition coefficient (Wildman–Crippen LogP) is 1.55. The van der Waals surface area contributed by atoms with Crippen molar-refractivity contribution in [3.8, 4) is 0 Å². The number of anilines is 1. The van der Waals surface area contributed by atoms with Crippen molar-refractivity contribution < 1.29 is 4.79 Å². The molecule has 2 rings (SSSR count). The highest BCUT2D eigenvalue weighted by Crippen LogP contribution is 2.18. The van der Waals surface area contributed by atoms with E-state index in [2.05, 4.69) is 22.9 Å². The Morgan fingerprint density at radius 3 is 2.75 bits per heavy atom. The second-order valence-electron chi connectivity index (χ2n) is 5.30. The predicted molar refractivity (Wildman–Crippen MR) is 80.5 cm³/mol. The number of amides is 1. The summed E-state index contributed by atoms with van der Waals surface area (Å²) in [6.45, 7) is 7.15. The molecule has 20 heavy (non-hydrogen) atoms. The summed E-state index contributed by atoms with van der Waals surface area (Å²) in [6, 6.07) is 4.11. The third-order valence-electron chi connectivity index (χ3n) is 3.90. The smallest absolute Gasteiger partial charge is 0.219 e. The van der Waals surface area contributed by atoms with Gasteiger partial charge in [0.1, 0.15) is 0 Å². The first-order chi connectivity index (χ1) is 9.61. The average molecular weight is 276 g/mol. The summed E-state index contributed by atoms with van der Waals surface area (Å²) >= 11 is 0. The van der Waals surface area contributed by atoms with Gasteiger partial charge < -0.3 is 15.5 Å². The Balaban J connectivity index is 2.02. The van der Waals surface area contributed by atoms with Gasteiger partial charge in [0.05, 0.1) is 17.6 Å². The first kappa shape index (κ1) is 14.8. The zero-order valence-corrected chi connectivity index (χ0v) is 12.4. The van der Waals surface area contributed by atoms with Gasteiger partial charge in [-0.25, -0.2) is 0 Å². The molecule has 2 heterocycles. The molecule has 5 heteroatoms. The number of hydrogen-bond donors (Lipinski definition) is 1. The molecule has 2 N–H and O–H groups in total. The van der Waals surface area contributed by atoms with Crippen LogP contribution in [0, 0.1) is 0 Å². The summed E-state index contributed by atoms with van der Waals surface area (Å²) < 4.78 is 0. The van der Waals surface area contributed by atoms with E-state index in [9.17, 15) is 4.79 Å². The molecule has 110 valence electrons. The highest BCUT2D eigenvalue weighted by atomic mass is 16.2. The second kappa shape index (κ2) is 6.70. The molecule has 0 saturated carbocycles. The normalized spacial score (nSPS) is 17.8. The highest BCUT2D eigenvalue weighted by molar-refractivity contribution is 5.73. The Morgan fingerprint density at radius 2 is 2.15 bits per heavy atom. The lowest BCUT2D eigenvalue weighted by atomic mass is 10.1. The highest BCUT2D eigenvalue weighted by Gasteiger charge is 2.17. The molecule has 1 aromatic rings. The van der Waals surface area contributed by atoms with E-state index < -0.39 is 0 Å². The third kappa shape index (κ3) is 3.48. The van der Waals surface area contributed by atoms with Gasteiger partial charge in [-0.3, -0.25) is 9.78 Å².